The number of ether oxygens (including phenoxy) is 1. The SMILES string of the molecule is CC(C(=O)OCc1ccc(F)cc1)c1ccc(O)cc1. The molecule has 0 radical (unpaired) electrons. The van der Waals surface area contributed by atoms with Crippen LogP contribution in [0.4, 0.5) is 4.39 Å². The van der Waals surface area contributed by atoms with Crippen molar-refractivity contribution in [2.24, 2.45) is 0 Å². The van der Waals surface area contributed by atoms with Gasteiger partial charge in [-0.2, -0.15) is 0 Å². The van der Waals surface area contributed by atoms with E-state index in [9.17, 15) is 14.3 Å². The van der Waals surface area contributed by atoms with Crippen molar-refractivity contribution in [2.45, 2.75) is 19.4 Å². The Morgan fingerprint density at radius 2 is 1.75 bits per heavy atom. The Morgan fingerprint density at radius 3 is 2.35 bits per heavy atom. The second kappa shape index (κ2) is 6.19. The summed E-state index contributed by atoms with van der Waals surface area (Å²) in [5.74, 6) is -0.950. The zero-order valence-corrected chi connectivity index (χ0v) is 11.0. The lowest BCUT2D eigenvalue weighted by Gasteiger charge is -2.12. The van der Waals surface area contributed by atoms with E-state index in [-0.39, 0.29) is 24.1 Å². The molecule has 20 heavy (non-hydrogen) atoms. The highest BCUT2D eigenvalue weighted by atomic mass is 19.1. The molecule has 2 rings (SSSR count). The number of esters is 1. The van der Waals surface area contributed by atoms with Crippen LogP contribution in [-0.4, -0.2) is 11.1 Å². The molecule has 0 aromatic heterocycles. The van der Waals surface area contributed by atoms with Crippen LogP contribution in [-0.2, 0) is 16.1 Å². The Hall–Kier alpha value is -2.36. The van der Waals surface area contributed by atoms with Crippen molar-refractivity contribution in [2.75, 3.05) is 0 Å². The van der Waals surface area contributed by atoms with Crippen LogP contribution in [0, 0.1) is 5.82 Å². The third-order valence-corrected chi connectivity index (χ3v) is 3.04. The number of aromatic hydroxyl groups is 1. The molecule has 0 fully saturated rings. The van der Waals surface area contributed by atoms with E-state index >= 15 is 0 Å². The summed E-state index contributed by atoms with van der Waals surface area (Å²) >= 11 is 0. The first-order chi connectivity index (χ1) is 9.56. The fraction of sp³-hybridized carbons (Fsp3) is 0.188. The number of carbonyl (C=O) groups excluding carboxylic acids is 1. The van der Waals surface area contributed by atoms with Gasteiger partial charge in [-0.05, 0) is 42.3 Å². The second-order valence-electron chi connectivity index (χ2n) is 4.55. The first kappa shape index (κ1) is 14.1. The Kier molecular flexibility index (Phi) is 4.35. The summed E-state index contributed by atoms with van der Waals surface area (Å²) in [4.78, 5) is 11.9. The number of benzene rings is 2. The summed E-state index contributed by atoms with van der Waals surface area (Å²) in [5, 5.41) is 9.20. The number of phenols is 1. The zero-order chi connectivity index (χ0) is 14.5. The fourth-order valence-electron chi connectivity index (χ4n) is 1.76. The molecule has 0 spiro atoms. The summed E-state index contributed by atoms with van der Waals surface area (Å²) in [6, 6.07) is 12.2. The van der Waals surface area contributed by atoms with E-state index in [1.54, 1.807) is 31.2 Å². The van der Waals surface area contributed by atoms with Gasteiger partial charge in [0.1, 0.15) is 18.2 Å². The lowest BCUT2D eigenvalue weighted by molar-refractivity contribution is -0.146. The zero-order valence-electron chi connectivity index (χ0n) is 11.0. The van der Waals surface area contributed by atoms with Crippen molar-refractivity contribution in [3.8, 4) is 5.75 Å². The van der Waals surface area contributed by atoms with E-state index < -0.39 is 5.92 Å². The van der Waals surface area contributed by atoms with Gasteiger partial charge in [0.15, 0.2) is 0 Å². The molecule has 0 aliphatic heterocycles. The molecular weight excluding hydrogens is 259 g/mol. The number of hydrogen-bond acceptors (Lipinski definition) is 3. The summed E-state index contributed by atoms with van der Waals surface area (Å²) in [6.45, 7) is 1.85. The number of rotatable bonds is 4. The van der Waals surface area contributed by atoms with Gasteiger partial charge in [-0.25, -0.2) is 4.39 Å². The topological polar surface area (TPSA) is 46.5 Å². The van der Waals surface area contributed by atoms with E-state index in [0.717, 1.165) is 11.1 Å². The largest absolute Gasteiger partial charge is 0.508 e. The van der Waals surface area contributed by atoms with Crippen molar-refractivity contribution in [3.63, 3.8) is 0 Å². The van der Waals surface area contributed by atoms with Gasteiger partial charge < -0.3 is 9.84 Å². The maximum absolute atomic E-state index is 12.7. The normalized spacial score (nSPS) is 11.9. The van der Waals surface area contributed by atoms with Gasteiger partial charge in [0, 0.05) is 0 Å². The quantitative estimate of drug-likeness (QED) is 0.869. The molecule has 1 atom stereocenters. The molecule has 104 valence electrons. The van der Waals surface area contributed by atoms with E-state index in [1.807, 2.05) is 0 Å². The Morgan fingerprint density at radius 1 is 1.15 bits per heavy atom. The van der Waals surface area contributed by atoms with E-state index in [1.165, 1.54) is 24.3 Å². The minimum atomic E-state index is -0.420. The predicted molar refractivity (Wildman–Crippen MR) is 72.7 cm³/mol. The van der Waals surface area contributed by atoms with E-state index in [4.69, 9.17) is 4.74 Å². The van der Waals surface area contributed by atoms with Crippen molar-refractivity contribution >= 4 is 5.97 Å². The highest BCUT2D eigenvalue weighted by Gasteiger charge is 2.16. The molecule has 0 bridgehead atoms. The number of halogens is 1. The monoisotopic (exact) mass is 274 g/mol. The summed E-state index contributed by atoms with van der Waals surface area (Å²) in [7, 11) is 0. The summed E-state index contributed by atoms with van der Waals surface area (Å²) in [5.41, 5.74) is 1.50. The van der Waals surface area contributed by atoms with Crippen molar-refractivity contribution < 1.29 is 19.0 Å². The van der Waals surface area contributed by atoms with Gasteiger partial charge in [-0.15, -0.1) is 0 Å². The molecule has 0 amide bonds. The van der Waals surface area contributed by atoms with Crippen LogP contribution in [0.5, 0.6) is 5.75 Å². The Labute approximate surface area is 116 Å². The van der Waals surface area contributed by atoms with Crippen molar-refractivity contribution in [1.29, 1.82) is 0 Å². The Bertz CT molecular complexity index is 576. The molecule has 2 aromatic carbocycles. The maximum Gasteiger partial charge on any atom is 0.313 e. The lowest BCUT2D eigenvalue weighted by atomic mass is 10.0. The molecule has 0 saturated carbocycles. The molecule has 0 aliphatic rings. The summed E-state index contributed by atoms with van der Waals surface area (Å²) < 4.78 is 17.9. The molecule has 3 nitrogen and oxygen atoms in total. The minimum Gasteiger partial charge on any atom is -0.508 e. The van der Waals surface area contributed by atoms with E-state index in [2.05, 4.69) is 0 Å². The fourth-order valence-corrected chi connectivity index (χ4v) is 1.76. The van der Waals surface area contributed by atoms with Crippen LogP contribution < -0.4 is 0 Å². The van der Waals surface area contributed by atoms with Crippen molar-refractivity contribution in [3.05, 3.63) is 65.5 Å². The van der Waals surface area contributed by atoms with Gasteiger partial charge in [0.25, 0.3) is 0 Å². The predicted octanol–water partition coefficient (Wildman–Crippen LogP) is 3.38. The van der Waals surface area contributed by atoms with Crippen molar-refractivity contribution in [1.82, 2.24) is 0 Å². The molecule has 4 heteroatoms. The number of carbonyl (C=O) groups is 1. The molecule has 0 saturated heterocycles. The van der Waals surface area contributed by atoms with Crippen LogP contribution >= 0.6 is 0 Å². The first-order valence-corrected chi connectivity index (χ1v) is 6.26. The third-order valence-electron chi connectivity index (χ3n) is 3.04. The Balaban J connectivity index is 1.94. The molecule has 1 unspecified atom stereocenters. The third kappa shape index (κ3) is 3.57. The average molecular weight is 274 g/mol. The minimum absolute atomic E-state index is 0.113. The smallest absolute Gasteiger partial charge is 0.313 e. The molecular formula is C16H15FO3. The standard InChI is InChI=1S/C16H15FO3/c1-11(13-4-8-15(18)9-5-13)16(19)20-10-12-2-6-14(17)7-3-12/h2-9,11,18H,10H2,1H3. The van der Waals surface area contributed by atoms with Gasteiger partial charge in [-0.3, -0.25) is 4.79 Å². The second-order valence-corrected chi connectivity index (χ2v) is 4.55. The molecule has 0 heterocycles. The first-order valence-electron chi connectivity index (χ1n) is 6.26. The van der Waals surface area contributed by atoms with Crippen LogP contribution in [0.1, 0.15) is 24.0 Å². The highest BCUT2D eigenvalue weighted by Crippen LogP contribution is 2.20. The molecule has 2 aromatic rings. The van der Waals surface area contributed by atoms with Crippen LogP contribution in [0.25, 0.3) is 0 Å². The maximum atomic E-state index is 12.7. The van der Waals surface area contributed by atoms with Gasteiger partial charge in [0.05, 0.1) is 5.92 Å². The highest BCUT2D eigenvalue weighted by molar-refractivity contribution is 5.77. The number of phenolic OH excluding ortho intramolecular Hbond substituents is 1. The van der Waals surface area contributed by atoms with Gasteiger partial charge >= 0.3 is 5.97 Å². The summed E-state index contributed by atoms with van der Waals surface area (Å²) in [6.07, 6.45) is 0. The number of hydrogen-bond donors (Lipinski definition) is 1. The molecule has 1 N–H and O–H groups in total. The molecule has 0 aliphatic carbocycles. The average Bonchev–Trinajstić information content (AvgIpc) is 2.46. The van der Waals surface area contributed by atoms with Crippen LogP contribution in [0.3, 0.4) is 0 Å². The van der Waals surface area contributed by atoms with Gasteiger partial charge in [0.2, 0.25) is 0 Å². The van der Waals surface area contributed by atoms with E-state index in [0.29, 0.717) is 0 Å². The van der Waals surface area contributed by atoms with Crippen LogP contribution in [0.15, 0.2) is 48.5 Å². The van der Waals surface area contributed by atoms with Crippen LogP contribution in [0.2, 0.25) is 0 Å². The van der Waals surface area contributed by atoms with Gasteiger partial charge in [-0.1, -0.05) is 24.3 Å². The lowest BCUT2D eigenvalue weighted by Crippen LogP contribution is -2.13.